The van der Waals surface area contributed by atoms with E-state index in [-0.39, 0.29) is 0 Å². The molecule has 0 aliphatic heterocycles. The molecule has 0 amide bonds. The Bertz CT molecular complexity index is 105. The minimum absolute atomic E-state index is 0.292. The fourth-order valence-electron chi connectivity index (χ4n) is 0.214. The van der Waals surface area contributed by atoms with Crippen molar-refractivity contribution in [3.63, 3.8) is 0 Å². The fourth-order valence-corrected chi connectivity index (χ4v) is 0.214. The summed E-state index contributed by atoms with van der Waals surface area (Å²) in [5.74, 6) is -0.711. The monoisotopic (exact) mass is 150 g/mol. The highest BCUT2D eigenvalue weighted by atomic mass is 16.6. The summed E-state index contributed by atoms with van der Waals surface area (Å²) in [7, 11) is 0. The second-order valence-corrected chi connectivity index (χ2v) is 1.43. The molecule has 60 valence electrons. The molecule has 0 aliphatic carbocycles. The number of aliphatic carboxylic acids is 1. The third-order valence-electron chi connectivity index (χ3n) is 0.464. The van der Waals surface area contributed by atoms with Crippen molar-refractivity contribution in [3.05, 3.63) is 0 Å². The van der Waals surface area contributed by atoms with Crippen molar-refractivity contribution in [1.29, 1.82) is 0 Å². The molecule has 0 unspecified atom stereocenters. The van der Waals surface area contributed by atoms with Crippen LogP contribution in [0.15, 0.2) is 0 Å². The molecule has 0 bridgehead atoms. The van der Waals surface area contributed by atoms with Gasteiger partial charge in [-0.1, -0.05) is 6.92 Å². The van der Waals surface area contributed by atoms with Gasteiger partial charge in [0.2, 0.25) is 0 Å². The molecule has 3 N–H and O–H groups in total. The van der Waals surface area contributed by atoms with E-state index in [9.17, 15) is 4.79 Å². The van der Waals surface area contributed by atoms with Crippen LogP contribution in [0.2, 0.25) is 0 Å². The van der Waals surface area contributed by atoms with Crippen molar-refractivity contribution in [1.82, 2.24) is 0 Å². The third-order valence-corrected chi connectivity index (χ3v) is 0.464. The van der Waals surface area contributed by atoms with Crippen LogP contribution in [0.4, 0.5) is 4.79 Å². The van der Waals surface area contributed by atoms with Crippen molar-refractivity contribution < 1.29 is 24.9 Å². The maximum absolute atomic E-state index is 9.60. The van der Waals surface area contributed by atoms with Crippen LogP contribution in [0.3, 0.4) is 0 Å². The molecule has 0 aromatic heterocycles. The van der Waals surface area contributed by atoms with Crippen LogP contribution in [0.25, 0.3) is 0 Å². The summed E-state index contributed by atoms with van der Waals surface area (Å²) in [6, 6.07) is 0. The van der Waals surface area contributed by atoms with Crippen molar-refractivity contribution >= 4 is 12.1 Å². The van der Waals surface area contributed by atoms with Gasteiger partial charge in [0.15, 0.2) is 0 Å². The molecule has 0 aliphatic rings. The van der Waals surface area contributed by atoms with Gasteiger partial charge in [-0.15, -0.1) is 0 Å². The van der Waals surface area contributed by atoms with E-state index in [0.717, 1.165) is 6.42 Å². The molecule has 0 atom stereocenters. The first kappa shape index (κ1) is 11.5. The lowest BCUT2D eigenvalue weighted by Crippen LogP contribution is -1.90. The van der Waals surface area contributed by atoms with Crippen LogP contribution in [0.1, 0.15) is 19.8 Å². The van der Waals surface area contributed by atoms with Gasteiger partial charge >= 0.3 is 12.1 Å². The van der Waals surface area contributed by atoms with E-state index in [1.807, 2.05) is 6.92 Å². The van der Waals surface area contributed by atoms with E-state index in [1.54, 1.807) is 0 Å². The molecule has 0 fully saturated rings. The number of rotatable bonds is 2. The lowest BCUT2D eigenvalue weighted by atomic mass is 10.4. The topological polar surface area (TPSA) is 94.8 Å². The van der Waals surface area contributed by atoms with Gasteiger partial charge in [0.25, 0.3) is 0 Å². The van der Waals surface area contributed by atoms with Crippen LogP contribution in [0.5, 0.6) is 0 Å². The highest BCUT2D eigenvalue weighted by Crippen LogP contribution is 1.82. The lowest BCUT2D eigenvalue weighted by molar-refractivity contribution is -0.137. The molecule has 5 heteroatoms. The van der Waals surface area contributed by atoms with E-state index in [1.165, 1.54) is 0 Å². The molecule has 0 aromatic rings. The zero-order chi connectivity index (χ0) is 8.57. The normalized spacial score (nSPS) is 7.30. The third kappa shape index (κ3) is 73.3. The summed E-state index contributed by atoms with van der Waals surface area (Å²) in [6.45, 7) is 1.84. The predicted molar refractivity (Wildman–Crippen MR) is 33.2 cm³/mol. The molecule has 0 heterocycles. The Kier molecular flexibility index (Phi) is 8.92. The van der Waals surface area contributed by atoms with Gasteiger partial charge < -0.3 is 15.3 Å². The van der Waals surface area contributed by atoms with Crippen molar-refractivity contribution in [2.45, 2.75) is 19.8 Å². The standard InChI is InChI=1S/C4H8O2.CH2O3/c1-2-3-4(5)6;2-1(3)4/h2-3H2,1H3,(H,5,6);(H2,2,3,4). The summed E-state index contributed by atoms with van der Waals surface area (Å²) in [4.78, 5) is 18.2. The van der Waals surface area contributed by atoms with Crippen LogP contribution in [0, 0.1) is 0 Å². The van der Waals surface area contributed by atoms with E-state index in [0.29, 0.717) is 6.42 Å². The summed E-state index contributed by atoms with van der Waals surface area (Å²) in [6.07, 6.45) is -0.810. The molecule has 10 heavy (non-hydrogen) atoms. The minimum Gasteiger partial charge on any atom is -0.481 e. The van der Waals surface area contributed by atoms with Crippen LogP contribution in [-0.2, 0) is 4.79 Å². The number of hydrogen-bond donors (Lipinski definition) is 3. The molecular weight excluding hydrogens is 140 g/mol. The number of carboxylic acid groups (broad SMARTS) is 3. The summed E-state index contributed by atoms with van der Waals surface area (Å²) < 4.78 is 0. The summed E-state index contributed by atoms with van der Waals surface area (Å²) in [5, 5.41) is 21.9. The zero-order valence-electron chi connectivity index (χ0n) is 5.57. The highest BCUT2D eigenvalue weighted by Gasteiger charge is 1.87. The molecule has 5 nitrogen and oxygen atoms in total. The SMILES string of the molecule is CCCC(=O)O.O=C(O)O. The van der Waals surface area contributed by atoms with Crippen LogP contribution >= 0.6 is 0 Å². The molecule has 0 aromatic carbocycles. The minimum atomic E-state index is -1.83. The smallest absolute Gasteiger partial charge is 0.481 e. The maximum Gasteiger partial charge on any atom is 0.503 e. The van der Waals surface area contributed by atoms with Crippen molar-refractivity contribution in [2.75, 3.05) is 0 Å². The second kappa shape index (κ2) is 7.74. The Labute approximate surface area is 57.9 Å². The Hall–Kier alpha value is -1.26. The first-order valence-corrected chi connectivity index (χ1v) is 2.64. The fraction of sp³-hybridized carbons (Fsp3) is 0.600. The molecule has 0 spiro atoms. The average molecular weight is 150 g/mol. The van der Waals surface area contributed by atoms with E-state index in [4.69, 9.17) is 20.1 Å². The number of carboxylic acids is 1. The Balaban J connectivity index is 0. The van der Waals surface area contributed by atoms with Gasteiger partial charge in [0.1, 0.15) is 0 Å². The molecular formula is C5H10O5. The first-order valence-electron chi connectivity index (χ1n) is 2.64. The quantitative estimate of drug-likeness (QED) is 0.547. The second-order valence-electron chi connectivity index (χ2n) is 1.43. The van der Waals surface area contributed by atoms with E-state index >= 15 is 0 Å². The Morgan fingerprint density at radius 3 is 1.50 bits per heavy atom. The Morgan fingerprint density at radius 1 is 1.20 bits per heavy atom. The lowest BCUT2D eigenvalue weighted by Gasteiger charge is -1.79. The van der Waals surface area contributed by atoms with E-state index < -0.39 is 12.1 Å². The Morgan fingerprint density at radius 2 is 1.50 bits per heavy atom. The van der Waals surface area contributed by atoms with Crippen LogP contribution in [-0.4, -0.2) is 27.4 Å². The van der Waals surface area contributed by atoms with Gasteiger partial charge in [-0.2, -0.15) is 0 Å². The van der Waals surface area contributed by atoms with Gasteiger partial charge in [-0.05, 0) is 6.42 Å². The van der Waals surface area contributed by atoms with Gasteiger partial charge in [-0.3, -0.25) is 4.79 Å². The molecule has 0 saturated carbocycles. The predicted octanol–water partition coefficient (Wildman–Crippen LogP) is 1.09. The van der Waals surface area contributed by atoms with E-state index in [2.05, 4.69) is 0 Å². The van der Waals surface area contributed by atoms with Gasteiger partial charge in [-0.25, -0.2) is 4.79 Å². The van der Waals surface area contributed by atoms with Crippen molar-refractivity contribution in [2.24, 2.45) is 0 Å². The van der Waals surface area contributed by atoms with Crippen molar-refractivity contribution in [3.8, 4) is 0 Å². The maximum atomic E-state index is 9.60. The van der Waals surface area contributed by atoms with Crippen LogP contribution < -0.4 is 0 Å². The number of carbonyl (C=O) groups is 2. The molecule has 0 saturated heterocycles. The highest BCUT2D eigenvalue weighted by molar-refractivity contribution is 5.66. The zero-order valence-corrected chi connectivity index (χ0v) is 5.57. The number of hydrogen-bond acceptors (Lipinski definition) is 2. The average Bonchev–Trinajstić information content (AvgIpc) is 1.62. The summed E-state index contributed by atoms with van der Waals surface area (Å²) >= 11 is 0. The summed E-state index contributed by atoms with van der Waals surface area (Å²) in [5.41, 5.74) is 0. The van der Waals surface area contributed by atoms with Gasteiger partial charge in [0.05, 0.1) is 0 Å². The molecule has 0 radical (unpaired) electrons. The first-order chi connectivity index (χ1) is 4.50. The molecule has 0 rings (SSSR count). The van der Waals surface area contributed by atoms with Gasteiger partial charge in [0, 0.05) is 6.42 Å². The largest absolute Gasteiger partial charge is 0.503 e.